The normalized spacial score (nSPS) is 16.5. The van der Waals surface area contributed by atoms with Crippen LogP contribution in [-0.2, 0) is 6.42 Å². The first kappa shape index (κ1) is 15.3. The number of halogens is 1. The van der Waals surface area contributed by atoms with Crippen LogP contribution in [0.15, 0.2) is 36.4 Å². The molecule has 5 heteroatoms. The van der Waals surface area contributed by atoms with Crippen LogP contribution >= 0.6 is 0 Å². The Morgan fingerprint density at radius 3 is 2.91 bits per heavy atom. The standard InChI is InChI=1S/C18H19FN2O2/c1-23-17-8-5-12(19)10-15(17)18(22)21-16-4-2-3-11-9-13(20)6-7-14(11)16/h5-10,16H,2-4,20H2,1H3,(H,21,22). The monoisotopic (exact) mass is 314 g/mol. The van der Waals surface area contributed by atoms with Crippen molar-refractivity contribution in [3.63, 3.8) is 0 Å². The second-order valence-corrected chi connectivity index (χ2v) is 5.72. The summed E-state index contributed by atoms with van der Waals surface area (Å²) < 4.78 is 18.6. The molecular weight excluding hydrogens is 295 g/mol. The lowest BCUT2D eigenvalue weighted by Gasteiger charge is -2.27. The van der Waals surface area contributed by atoms with Crippen molar-refractivity contribution in [2.24, 2.45) is 0 Å². The molecular formula is C18H19FN2O2. The number of carbonyl (C=O) groups excluding carboxylic acids is 1. The van der Waals surface area contributed by atoms with Crippen LogP contribution in [0.5, 0.6) is 5.75 Å². The van der Waals surface area contributed by atoms with E-state index in [-0.39, 0.29) is 17.5 Å². The number of carbonyl (C=O) groups is 1. The smallest absolute Gasteiger partial charge is 0.255 e. The number of anilines is 1. The van der Waals surface area contributed by atoms with E-state index in [1.807, 2.05) is 18.2 Å². The summed E-state index contributed by atoms with van der Waals surface area (Å²) >= 11 is 0. The van der Waals surface area contributed by atoms with Crippen molar-refractivity contribution in [1.82, 2.24) is 5.32 Å². The van der Waals surface area contributed by atoms with Gasteiger partial charge in [0.1, 0.15) is 11.6 Å². The van der Waals surface area contributed by atoms with Gasteiger partial charge in [0.15, 0.2) is 0 Å². The van der Waals surface area contributed by atoms with Gasteiger partial charge in [-0.1, -0.05) is 6.07 Å². The molecule has 23 heavy (non-hydrogen) atoms. The molecule has 120 valence electrons. The number of amides is 1. The second-order valence-electron chi connectivity index (χ2n) is 5.72. The number of nitrogens with one attached hydrogen (secondary N) is 1. The molecule has 0 saturated carbocycles. The Kier molecular flexibility index (Phi) is 4.19. The first-order valence-electron chi connectivity index (χ1n) is 7.61. The number of benzene rings is 2. The Bertz CT molecular complexity index is 746. The zero-order chi connectivity index (χ0) is 16.4. The van der Waals surface area contributed by atoms with Crippen LogP contribution in [0.3, 0.4) is 0 Å². The molecule has 0 saturated heterocycles. The number of aryl methyl sites for hydroxylation is 1. The number of hydrogen-bond acceptors (Lipinski definition) is 3. The molecule has 0 aliphatic heterocycles. The van der Waals surface area contributed by atoms with Crippen LogP contribution in [0.25, 0.3) is 0 Å². The van der Waals surface area contributed by atoms with Crippen LogP contribution in [0.1, 0.15) is 40.4 Å². The van der Waals surface area contributed by atoms with Crippen LogP contribution in [-0.4, -0.2) is 13.0 Å². The van der Waals surface area contributed by atoms with E-state index in [9.17, 15) is 9.18 Å². The molecule has 2 aromatic rings. The molecule has 2 aromatic carbocycles. The van der Waals surface area contributed by atoms with Gasteiger partial charge in [-0.25, -0.2) is 4.39 Å². The van der Waals surface area contributed by atoms with Crippen molar-refractivity contribution in [2.45, 2.75) is 25.3 Å². The molecule has 0 heterocycles. The van der Waals surface area contributed by atoms with Crippen LogP contribution in [0, 0.1) is 5.82 Å². The minimum atomic E-state index is -0.465. The molecule has 3 rings (SSSR count). The number of ether oxygens (including phenoxy) is 1. The quantitative estimate of drug-likeness (QED) is 0.855. The predicted molar refractivity (Wildman–Crippen MR) is 87.0 cm³/mol. The van der Waals surface area contributed by atoms with Crippen molar-refractivity contribution in [3.05, 3.63) is 58.9 Å². The maximum Gasteiger partial charge on any atom is 0.255 e. The van der Waals surface area contributed by atoms with Gasteiger partial charge in [0.25, 0.3) is 5.91 Å². The van der Waals surface area contributed by atoms with E-state index in [4.69, 9.17) is 10.5 Å². The van der Waals surface area contributed by atoms with Crippen LogP contribution in [0.2, 0.25) is 0 Å². The molecule has 4 nitrogen and oxygen atoms in total. The lowest BCUT2D eigenvalue weighted by molar-refractivity contribution is 0.0929. The molecule has 0 bridgehead atoms. The van der Waals surface area contributed by atoms with E-state index >= 15 is 0 Å². The van der Waals surface area contributed by atoms with Gasteiger partial charge in [-0.3, -0.25) is 4.79 Å². The van der Waals surface area contributed by atoms with Gasteiger partial charge in [-0.2, -0.15) is 0 Å². The Hall–Kier alpha value is -2.56. The largest absolute Gasteiger partial charge is 0.496 e. The topological polar surface area (TPSA) is 64.3 Å². The highest BCUT2D eigenvalue weighted by Crippen LogP contribution is 2.31. The maximum atomic E-state index is 13.5. The Labute approximate surface area is 134 Å². The number of methoxy groups -OCH3 is 1. The summed E-state index contributed by atoms with van der Waals surface area (Å²) in [5.41, 5.74) is 8.99. The van der Waals surface area contributed by atoms with E-state index in [1.54, 1.807) is 0 Å². The number of hydrogen-bond donors (Lipinski definition) is 2. The fraction of sp³-hybridized carbons (Fsp3) is 0.278. The van der Waals surface area contributed by atoms with E-state index in [0.29, 0.717) is 5.75 Å². The molecule has 1 aliphatic carbocycles. The summed E-state index contributed by atoms with van der Waals surface area (Å²) in [6.45, 7) is 0. The molecule has 1 atom stereocenters. The minimum absolute atomic E-state index is 0.0974. The van der Waals surface area contributed by atoms with Gasteiger partial charge in [0.2, 0.25) is 0 Å². The average molecular weight is 314 g/mol. The summed E-state index contributed by atoms with van der Waals surface area (Å²) in [6.07, 6.45) is 2.78. The number of rotatable bonds is 3. The van der Waals surface area contributed by atoms with Crippen LogP contribution < -0.4 is 15.8 Å². The number of nitrogen functional groups attached to an aromatic ring is 1. The summed E-state index contributed by atoms with van der Waals surface area (Å²) in [4.78, 5) is 12.5. The SMILES string of the molecule is COc1ccc(F)cc1C(=O)NC1CCCc2cc(N)ccc21. The fourth-order valence-corrected chi connectivity index (χ4v) is 3.08. The fourth-order valence-electron chi connectivity index (χ4n) is 3.08. The predicted octanol–water partition coefficient (Wildman–Crippen LogP) is 3.22. The van der Waals surface area contributed by atoms with Gasteiger partial charge in [0.05, 0.1) is 18.7 Å². The van der Waals surface area contributed by atoms with Crippen LogP contribution in [0.4, 0.5) is 10.1 Å². The Morgan fingerprint density at radius 2 is 2.13 bits per heavy atom. The first-order chi connectivity index (χ1) is 11.1. The molecule has 3 N–H and O–H groups in total. The highest BCUT2D eigenvalue weighted by molar-refractivity contribution is 5.97. The van der Waals surface area contributed by atoms with E-state index in [0.717, 1.165) is 36.1 Å². The van der Waals surface area contributed by atoms with Crippen molar-refractivity contribution in [1.29, 1.82) is 0 Å². The average Bonchev–Trinajstić information content (AvgIpc) is 2.54. The molecule has 0 aromatic heterocycles. The van der Waals surface area contributed by atoms with E-state index in [2.05, 4.69) is 5.32 Å². The van der Waals surface area contributed by atoms with Gasteiger partial charge in [0, 0.05) is 5.69 Å². The third kappa shape index (κ3) is 3.13. The lowest BCUT2D eigenvalue weighted by Crippen LogP contribution is -2.31. The zero-order valence-corrected chi connectivity index (χ0v) is 12.9. The Morgan fingerprint density at radius 1 is 1.30 bits per heavy atom. The molecule has 1 amide bonds. The molecule has 0 spiro atoms. The van der Waals surface area contributed by atoms with Crippen molar-refractivity contribution in [2.75, 3.05) is 12.8 Å². The summed E-state index contributed by atoms with van der Waals surface area (Å²) in [5.74, 6) is -0.443. The van der Waals surface area contributed by atoms with Gasteiger partial charge in [-0.05, 0) is 60.7 Å². The Balaban J connectivity index is 1.86. The van der Waals surface area contributed by atoms with Crippen molar-refractivity contribution in [3.8, 4) is 5.75 Å². The van der Waals surface area contributed by atoms with Gasteiger partial charge >= 0.3 is 0 Å². The zero-order valence-electron chi connectivity index (χ0n) is 12.9. The van der Waals surface area contributed by atoms with Crippen molar-refractivity contribution < 1.29 is 13.9 Å². The number of nitrogens with two attached hydrogens (primary N) is 1. The van der Waals surface area contributed by atoms with Crippen molar-refractivity contribution >= 4 is 11.6 Å². The van der Waals surface area contributed by atoms with E-state index < -0.39 is 5.82 Å². The third-order valence-electron chi connectivity index (χ3n) is 4.19. The maximum absolute atomic E-state index is 13.5. The lowest BCUT2D eigenvalue weighted by atomic mass is 9.87. The first-order valence-corrected chi connectivity index (χ1v) is 7.61. The number of fused-ring (bicyclic) bond motifs is 1. The molecule has 0 radical (unpaired) electrons. The highest BCUT2D eigenvalue weighted by Gasteiger charge is 2.23. The second kappa shape index (κ2) is 6.28. The molecule has 0 fully saturated rings. The third-order valence-corrected chi connectivity index (χ3v) is 4.19. The van der Waals surface area contributed by atoms with Gasteiger partial charge < -0.3 is 15.8 Å². The van der Waals surface area contributed by atoms with Gasteiger partial charge in [-0.15, -0.1) is 0 Å². The highest BCUT2D eigenvalue weighted by atomic mass is 19.1. The summed E-state index contributed by atoms with van der Waals surface area (Å²) in [6, 6.07) is 9.58. The molecule has 1 aliphatic rings. The van der Waals surface area contributed by atoms with E-state index in [1.165, 1.54) is 25.3 Å². The summed E-state index contributed by atoms with van der Waals surface area (Å²) in [7, 11) is 1.46. The summed E-state index contributed by atoms with van der Waals surface area (Å²) in [5, 5.41) is 2.99. The molecule has 1 unspecified atom stereocenters. The minimum Gasteiger partial charge on any atom is -0.496 e.